The molecule has 0 bridgehead atoms. The van der Waals surface area contributed by atoms with Crippen LogP contribution in [0.1, 0.15) is 5.56 Å². The maximum atomic E-state index is 14.3. The van der Waals surface area contributed by atoms with Crippen molar-refractivity contribution in [3.8, 4) is 0 Å². The Kier molecular flexibility index (Phi) is 13.2. The molecule has 17 heteroatoms. The van der Waals surface area contributed by atoms with Gasteiger partial charge in [-0.3, -0.25) is 4.68 Å². The van der Waals surface area contributed by atoms with Gasteiger partial charge in [0.05, 0.1) is 26.4 Å². The fraction of sp³-hybridized carbons (Fsp3) is 0.576. The van der Waals surface area contributed by atoms with Crippen LogP contribution in [0.5, 0.6) is 0 Å². The summed E-state index contributed by atoms with van der Waals surface area (Å²) < 4.78 is 37.8. The fourth-order valence-corrected chi connectivity index (χ4v) is 5.74. The molecule has 0 atom stereocenters. The molecule has 1 fully saturated rings. The average Bonchev–Trinajstić information content (AvgIpc) is 3.57. The Morgan fingerprint density at radius 2 is 1.30 bits per heavy atom. The van der Waals surface area contributed by atoms with Crippen molar-refractivity contribution in [1.29, 1.82) is 0 Å². The van der Waals surface area contributed by atoms with Crippen LogP contribution < -0.4 is 24.5 Å². The van der Waals surface area contributed by atoms with Crippen molar-refractivity contribution in [2.24, 2.45) is 7.05 Å². The predicted molar refractivity (Wildman–Crippen MR) is 191 cm³/mol. The van der Waals surface area contributed by atoms with Crippen LogP contribution in [0.3, 0.4) is 0 Å². The van der Waals surface area contributed by atoms with Crippen LogP contribution >= 0.6 is 0 Å². The fourth-order valence-electron chi connectivity index (χ4n) is 5.74. The number of anilines is 5. The van der Waals surface area contributed by atoms with E-state index < -0.39 is 0 Å². The topological polar surface area (TPSA) is 135 Å². The lowest BCUT2D eigenvalue weighted by atomic mass is 10.2. The zero-order valence-electron chi connectivity index (χ0n) is 30.0. The van der Waals surface area contributed by atoms with Gasteiger partial charge in [-0.05, 0) is 17.7 Å². The number of nitrogens with zero attached hydrogens (tertiary/aromatic N) is 12. The molecule has 4 heterocycles. The monoisotopic (exact) mass is 696 g/mol. The van der Waals surface area contributed by atoms with Gasteiger partial charge in [0.2, 0.25) is 17.8 Å². The van der Waals surface area contributed by atoms with Gasteiger partial charge in [-0.2, -0.15) is 9.97 Å². The standard InChI is InChI=1S/C33H49FN12O4/c1-41(23-25-8-7-9-26(34)22-25)29-27-28(37-32(38-29)45(14-18-47-3)15-19-48-4)30(39-33(36-27)46(16-20-49-5)17-21-50-6)43-10-12-44(13-11-43)31-35-24-42(2)40-31/h7-9,22,24H,10-21,23H2,1-6H3. The molecule has 1 aromatic carbocycles. The third-order valence-electron chi connectivity index (χ3n) is 8.43. The molecule has 0 N–H and O–H groups in total. The first kappa shape index (κ1) is 36.8. The number of methoxy groups -OCH3 is 4. The van der Waals surface area contributed by atoms with Gasteiger partial charge in [0.1, 0.15) is 23.2 Å². The highest BCUT2D eigenvalue weighted by atomic mass is 19.1. The molecule has 0 unspecified atom stereocenters. The summed E-state index contributed by atoms with van der Waals surface area (Å²) in [6.45, 7) is 7.19. The van der Waals surface area contributed by atoms with Crippen LogP contribution in [0, 0.1) is 5.82 Å². The number of piperazine rings is 1. The summed E-state index contributed by atoms with van der Waals surface area (Å²) in [5.74, 6) is 2.70. The van der Waals surface area contributed by atoms with E-state index in [1.807, 2.05) is 30.0 Å². The maximum absolute atomic E-state index is 14.3. The molecular formula is C33H49FN12O4. The van der Waals surface area contributed by atoms with E-state index in [1.54, 1.807) is 45.5 Å². The number of hydrogen-bond donors (Lipinski definition) is 0. The van der Waals surface area contributed by atoms with E-state index in [1.165, 1.54) is 12.1 Å². The largest absolute Gasteiger partial charge is 0.383 e. The summed E-state index contributed by atoms with van der Waals surface area (Å²) >= 11 is 0. The number of hydrogen-bond acceptors (Lipinski definition) is 15. The first-order valence-corrected chi connectivity index (χ1v) is 16.7. The molecule has 0 radical (unpaired) electrons. The lowest BCUT2D eigenvalue weighted by Crippen LogP contribution is -2.47. The number of aryl methyl sites for hydroxylation is 1. The van der Waals surface area contributed by atoms with E-state index >= 15 is 0 Å². The summed E-state index contributed by atoms with van der Waals surface area (Å²) in [4.78, 5) is 35.6. The van der Waals surface area contributed by atoms with Gasteiger partial charge in [0, 0.05) is 101 Å². The Labute approximate surface area is 292 Å². The quantitative estimate of drug-likeness (QED) is 0.141. The molecule has 50 heavy (non-hydrogen) atoms. The smallest absolute Gasteiger partial charge is 0.244 e. The zero-order valence-corrected chi connectivity index (χ0v) is 30.0. The molecule has 0 aliphatic carbocycles. The Morgan fingerprint density at radius 1 is 0.740 bits per heavy atom. The van der Waals surface area contributed by atoms with Gasteiger partial charge in [-0.15, -0.1) is 5.10 Å². The first-order valence-electron chi connectivity index (χ1n) is 16.7. The molecule has 272 valence electrons. The van der Waals surface area contributed by atoms with Gasteiger partial charge in [0.15, 0.2) is 11.6 Å². The van der Waals surface area contributed by atoms with E-state index in [9.17, 15) is 4.39 Å². The first-order chi connectivity index (χ1) is 24.3. The van der Waals surface area contributed by atoms with Crippen LogP contribution in [0.4, 0.5) is 33.9 Å². The van der Waals surface area contributed by atoms with Crippen LogP contribution in [-0.4, -0.2) is 149 Å². The summed E-state index contributed by atoms with van der Waals surface area (Å²) in [5, 5.41) is 4.51. The molecule has 5 rings (SSSR count). The van der Waals surface area contributed by atoms with Crippen molar-refractivity contribution >= 4 is 40.5 Å². The van der Waals surface area contributed by atoms with Crippen molar-refractivity contribution in [3.63, 3.8) is 0 Å². The second-order valence-corrected chi connectivity index (χ2v) is 12.0. The van der Waals surface area contributed by atoms with E-state index in [4.69, 9.17) is 38.9 Å². The third kappa shape index (κ3) is 9.21. The van der Waals surface area contributed by atoms with E-state index in [-0.39, 0.29) is 5.82 Å². The average molecular weight is 697 g/mol. The summed E-state index contributed by atoms with van der Waals surface area (Å²) in [5.41, 5.74) is 1.99. The lowest BCUT2D eigenvalue weighted by Gasteiger charge is -2.36. The van der Waals surface area contributed by atoms with Gasteiger partial charge >= 0.3 is 0 Å². The summed E-state index contributed by atoms with van der Waals surface area (Å²) in [7, 11) is 10.5. The Hall–Kier alpha value is -4.45. The Balaban J connectivity index is 1.66. The molecule has 4 aromatic rings. The number of ether oxygens (including phenoxy) is 4. The number of aromatic nitrogens is 7. The number of halogens is 1. The molecule has 0 spiro atoms. The zero-order chi connectivity index (χ0) is 35.5. The molecular weight excluding hydrogens is 647 g/mol. The number of fused-ring (bicyclic) bond motifs is 1. The summed E-state index contributed by atoms with van der Waals surface area (Å²) in [6.07, 6.45) is 1.71. The maximum Gasteiger partial charge on any atom is 0.244 e. The number of benzene rings is 1. The minimum Gasteiger partial charge on any atom is -0.383 e. The van der Waals surface area contributed by atoms with Crippen molar-refractivity contribution in [1.82, 2.24) is 34.7 Å². The van der Waals surface area contributed by atoms with Gasteiger partial charge in [0.25, 0.3) is 0 Å². The molecule has 16 nitrogen and oxygen atoms in total. The van der Waals surface area contributed by atoms with Crippen LogP contribution in [-0.2, 0) is 32.5 Å². The van der Waals surface area contributed by atoms with Crippen LogP contribution in [0.15, 0.2) is 30.6 Å². The van der Waals surface area contributed by atoms with E-state index in [0.29, 0.717) is 126 Å². The SMILES string of the molecule is COCCN(CCOC)c1nc(N2CCN(c3ncn(C)n3)CC2)c2nc(N(CCOC)CCOC)nc(N(C)Cc3cccc(F)c3)c2n1. The van der Waals surface area contributed by atoms with Crippen molar-refractivity contribution in [3.05, 3.63) is 42.0 Å². The summed E-state index contributed by atoms with van der Waals surface area (Å²) in [6, 6.07) is 6.58. The van der Waals surface area contributed by atoms with E-state index in [2.05, 4.69) is 24.8 Å². The van der Waals surface area contributed by atoms with Gasteiger partial charge < -0.3 is 43.4 Å². The van der Waals surface area contributed by atoms with Crippen LogP contribution in [0.25, 0.3) is 11.0 Å². The second-order valence-electron chi connectivity index (χ2n) is 12.0. The van der Waals surface area contributed by atoms with Gasteiger partial charge in [-0.25, -0.2) is 19.3 Å². The molecule has 0 saturated carbocycles. The highest BCUT2D eigenvalue weighted by Gasteiger charge is 2.28. The molecule has 3 aromatic heterocycles. The Morgan fingerprint density at radius 3 is 1.84 bits per heavy atom. The normalized spacial score (nSPS) is 13.3. The molecule has 1 saturated heterocycles. The second kappa shape index (κ2) is 18.0. The van der Waals surface area contributed by atoms with Crippen molar-refractivity contribution in [2.45, 2.75) is 6.54 Å². The highest BCUT2D eigenvalue weighted by Crippen LogP contribution is 2.33. The molecule has 0 amide bonds. The molecule has 1 aliphatic rings. The molecule has 1 aliphatic heterocycles. The minimum atomic E-state index is -0.298. The lowest BCUT2D eigenvalue weighted by molar-refractivity contribution is 0.189. The van der Waals surface area contributed by atoms with Gasteiger partial charge in [-0.1, -0.05) is 12.1 Å². The minimum absolute atomic E-state index is 0.298. The van der Waals surface area contributed by atoms with Crippen molar-refractivity contribution in [2.75, 3.05) is 139 Å². The third-order valence-corrected chi connectivity index (χ3v) is 8.43. The number of rotatable bonds is 19. The highest BCUT2D eigenvalue weighted by molar-refractivity contribution is 5.95. The van der Waals surface area contributed by atoms with E-state index in [0.717, 1.165) is 5.56 Å². The predicted octanol–water partition coefficient (Wildman–Crippen LogP) is 1.85. The van der Waals surface area contributed by atoms with Crippen molar-refractivity contribution < 1.29 is 23.3 Å². The Bertz CT molecular complexity index is 1640. The van der Waals surface area contributed by atoms with Crippen LogP contribution in [0.2, 0.25) is 0 Å².